The highest BCUT2D eigenvalue weighted by molar-refractivity contribution is 6.01. The number of methoxy groups -OCH3 is 1. The molecule has 184 valence electrons. The number of carbonyl (C=O) groups excluding carboxylic acids is 2. The van der Waals surface area contributed by atoms with E-state index in [0.717, 1.165) is 24.8 Å². The Balaban J connectivity index is 1.75. The lowest BCUT2D eigenvalue weighted by atomic mass is 10.00. The second-order valence-corrected chi connectivity index (χ2v) is 8.22. The maximum Gasteiger partial charge on any atom is 0.343 e. The number of carbonyl (C=O) groups is 2. The van der Waals surface area contributed by atoms with E-state index in [1.165, 1.54) is 18.7 Å². The molecular formula is C30H30N2O4. The Kier molecular flexibility index (Phi) is 9.84. The normalized spacial score (nSPS) is 10.9. The summed E-state index contributed by atoms with van der Waals surface area (Å²) in [6.45, 7) is 2.54. The predicted octanol–water partition coefficient (Wildman–Crippen LogP) is 5.52. The van der Waals surface area contributed by atoms with Crippen LogP contribution in [0.25, 0.3) is 6.08 Å². The van der Waals surface area contributed by atoms with Gasteiger partial charge in [0.1, 0.15) is 11.6 Å². The minimum absolute atomic E-state index is 0.00903. The maximum atomic E-state index is 13.1. The average molecular weight is 483 g/mol. The lowest BCUT2D eigenvalue weighted by Gasteiger charge is -2.12. The molecule has 0 fully saturated rings. The minimum Gasteiger partial charge on any atom is -0.493 e. The summed E-state index contributed by atoms with van der Waals surface area (Å²) in [6, 6.07) is 24.3. The van der Waals surface area contributed by atoms with Gasteiger partial charge in [0.15, 0.2) is 11.5 Å². The molecule has 0 atom stereocenters. The van der Waals surface area contributed by atoms with Crippen molar-refractivity contribution in [1.82, 2.24) is 5.32 Å². The molecule has 3 aromatic rings. The Bertz CT molecular complexity index is 1260. The highest BCUT2D eigenvalue weighted by atomic mass is 16.6. The van der Waals surface area contributed by atoms with Crippen molar-refractivity contribution >= 4 is 18.0 Å². The van der Waals surface area contributed by atoms with E-state index in [2.05, 4.69) is 17.4 Å². The molecule has 0 unspecified atom stereocenters. The second-order valence-electron chi connectivity index (χ2n) is 8.22. The number of nitriles is 1. The fourth-order valence-corrected chi connectivity index (χ4v) is 3.66. The SMILES string of the molecule is CCCCNC(=O)/C(C#N)=C/c1ccc(OC(=O)c2ccccc2CCc2ccccc2)c(OC)c1. The molecule has 0 saturated carbocycles. The third-order valence-corrected chi connectivity index (χ3v) is 5.65. The predicted molar refractivity (Wildman–Crippen MR) is 140 cm³/mol. The summed E-state index contributed by atoms with van der Waals surface area (Å²) in [5, 5.41) is 12.1. The van der Waals surface area contributed by atoms with E-state index in [-0.39, 0.29) is 11.3 Å². The summed E-state index contributed by atoms with van der Waals surface area (Å²) in [7, 11) is 1.47. The molecule has 1 amide bonds. The van der Waals surface area contributed by atoms with Gasteiger partial charge in [-0.1, -0.05) is 67.9 Å². The molecule has 3 aromatic carbocycles. The van der Waals surface area contributed by atoms with Crippen LogP contribution in [0.1, 0.15) is 46.8 Å². The first-order valence-corrected chi connectivity index (χ1v) is 12.0. The van der Waals surface area contributed by atoms with Gasteiger partial charge in [0, 0.05) is 6.54 Å². The van der Waals surface area contributed by atoms with Crippen molar-refractivity contribution in [1.29, 1.82) is 5.26 Å². The van der Waals surface area contributed by atoms with E-state index in [4.69, 9.17) is 9.47 Å². The van der Waals surface area contributed by atoms with E-state index in [9.17, 15) is 14.9 Å². The highest BCUT2D eigenvalue weighted by Gasteiger charge is 2.17. The monoisotopic (exact) mass is 482 g/mol. The average Bonchev–Trinajstić information content (AvgIpc) is 2.92. The van der Waals surface area contributed by atoms with Gasteiger partial charge in [-0.2, -0.15) is 5.26 Å². The molecule has 36 heavy (non-hydrogen) atoms. The fourth-order valence-electron chi connectivity index (χ4n) is 3.66. The van der Waals surface area contributed by atoms with Crippen molar-refractivity contribution in [3.8, 4) is 17.6 Å². The van der Waals surface area contributed by atoms with Gasteiger partial charge in [0.05, 0.1) is 12.7 Å². The smallest absolute Gasteiger partial charge is 0.343 e. The van der Waals surface area contributed by atoms with Crippen molar-refractivity contribution in [3.63, 3.8) is 0 Å². The molecular weight excluding hydrogens is 452 g/mol. The number of hydrogen-bond acceptors (Lipinski definition) is 5. The minimum atomic E-state index is -0.478. The molecule has 0 aromatic heterocycles. The Morgan fingerprint density at radius 2 is 1.72 bits per heavy atom. The van der Waals surface area contributed by atoms with Crippen molar-refractivity contribution in [2.45, 2.75) is 32.6 Å². The largest absolute Gasteiger partial charge is 0.493 e. The molecule has 0 aliphatic heterocycles. The molecule has 0 aliphatic rings. The molecule has 0 radical (unpaired) electrons. The summed E-state index contributed by atoms with van der Waals surface area (Å²) in [4.78, 5) is 25.3. The van der Waals surface area contributed by atoms with Crippen LogP contribution < -0.4 is 14.8 Å². The first-order valence-electron chi connectivity index (χ1n) is 12.0. The Morgan fingerprint density at radius 1 is 0.972 bits per heavy atom. The van der Waals surface area contributed by atoms with Gasteiger partial charge in [-0.15, -0.1) is 0 Å². The van der Waals surface area contributed by atoms with Gasteiger partial charge in [-0.05, 0) is 60.2 Å². The first-order chi connectivity index (χ1) is 17.5. The number of esters is 1. The van der Waals surface area contributed by atoms with Crippen LogP contribution in [-0.2, 0) is 17.6 Å². The fraction of sp³-hybridized carbons (Fsp3) is 0.233. The van der Waals surface area contributed by atoms with Crippen LogP contribution in [0.4, 0.5) is 0 Å². The van der Waals surface area contributed by atoms with Gasteiger partial charge < -0.3 is 14.8 Å². The number of ether oxygens (including phenoxy) is 2. The highest BCUT2D eigenvalue weighted by Crippen LogP contribution is 2.30. The zero-order valence-corrected chi connectivity index (χ0v) is 20.6. The van der Waals surface area contributed by atoms with Crippen molar-refractivity contribution in [2.24, 2.45) is 0 Å². The molecule has 0 heterocycles. The molecule has 3 rings (SSSR count). The number of nitrogens with zero attached hydrogens (tertiary/aromatic N) is 1. The maximum absolute atomic E-state index is 13.1. The van der Waals surface area contributed by atoms with Crippen LogP contribution in [0.3, 0.4) is 0 Å². The second kappa shape index (κ2) is 13.5. The van der Waals surface area contributed by atoms with E-state index in [1.807, 2.05) is 49.4 Å². The molecule has 0 spiro atoms. The van der Waals surface area contributed by atoms with Gasteiger partial charge in [-0.3, -0.25) is 4.79 Å². The summed E-state index contributed by atoms with van der Waals surface area (Å²) in [5.41, 5.74) is 3.16. The van der Waals surface area contributed by atoms with Crippen LogP contribution >= 0.6 is 0 Å². The number of unbranched alkanes of at least 4 members (excludes halogenated alkanes) is 1. The van der Waals surface area contributed by atoms with Crippen LogP contribution in [-0.4, -0.2) is 25.5 Å². The Hall–Kier alpha value is -4.37. The summed E-state index contributed by atoms with van der Waals surface area (Å²) < 4.78 is 11.1. The number of aryl methyl sites for hydroxylation is 2. The van der Waals surface area contributed by atoms with Gasteiger partial charge in [-0.25, -0.2) is 4.79 Å². The standard InChI is InChI=1S/C30H30N2O4/c1-3-4-18-32-29(33)25(21-31)19-23-15-17-27(28(20-23)35-2)36-30(34)26-13-9-8-12-24(26)16-14-22-10-6-5-7-11-22/h5-13,15,17,19-20H,3-4,14,16,18H2,1-2H3,(H,32,33)/b25-19+. The molecule has 1 N–H and O–H groups in total. The zero-order valence-electron chi connectivity index (χ0n) is 20.6. The Labute approximate surface area is 212 Å². The summed E-state index contributed by atoms with van der Waals surface area (Å²) >= 11 is 0. The molecule has 0 aliphatic carbocycles. The lowest BCUT2D eigenvalue weighted by Crippen LogP contribution is -2.25. The van der Waals surface area contributed by atoms with E-state index in [1.54, 1.807) is 24.3 Å². The van der Waals surface area contributed by atoms with E-state index < -0.39 is 11.9 Å². The zero-order chi connectivity index (χ0) is 25.8. The summed E-state index contributed by atoms with van der Waals surface area (Å²) in [5.74, 6) is -0.327. The quantitative estimate of drug-likeness (QED) is 0.128. The van der Waals surface area contributed by atoms with Gasteiger partial charge >= 0.3 is 5.97 Å². The molecule has 6 nitrogen and oxygen atoms in total. The van der Waals surface area contributed by atoms with Crippen LogP contribution in [0.15, 0.2) is 78.4 Å². The molecule has 6 heteroatoms. The van der Waals surface area contributed by atoms with E-state index in [0.29, 0.717) is 29.8 Å². The molecule has 0 bridgehead atoms. The van der Waals surface area contributed by atoms with Crippen molar-refractivity contribution in [3.05, 3.63) is 101 Å². The third-order valence-electron chi connectivity index (χ3n) is 5.65. The topological polar surface area (TPSA) is 88.4 Å². The van der Waals surface area contributed by atoms with Gasteiger partial charge in [0.2, 0.25) is 0 Å². The number of rotatable bonds is 11. The van der Waals surface area contributed by atoms with Crippen LogP contribution in [0.5, 0.6) is 11.5 Å². The lowest BCUT2D eigenvalue weighted by molar-refractivity contribution is -0.117. The Morgan fingerprint density at radius 3 is 2.44 bits per heavy atom. The number of hydrogen-bond donors (Lipinski definition) is 1. The van der Waals surface area contributed by atoms with Gasteiger partial charge in [0.25, 0.3) is 5.91 Å². The van der Waals surface area contributed by atoms with Crippen molar-refractivity contribution in [2.75, 3.05) is 13.7 Å². The summed E-state index contributed by atoms with van der Waals surface area (Å²) in [6.07, 6.45) is 4.78. The number of amides is 1. The van der Waals surface area contributed by atoms with E-state index >= 15 is 0 Å². The van der Waals surface area contributed by atoms with Crippen LogP contribution in [0.2, 0.25) is 0 Å². The first kappa shape index (κ1) is 26.2. The molecule has 0 saturated heterocycles. The number of benzene rings is 3. The third kappa shape index (κ3) is 7.31. The van der Waals surface area contributed by atoms with Crippen LogP contribution in [0, 0.1) is 11.3 Å². The van der Waals surface area contributed by atoms with Crippen molar-refractivity contribution < 1.29 is 19.1 Å². The number of nitrogens with one attached hydrogen (secondary N) is 1.